The van der Waals surface area contributed by atoms with Crippen LogP contribution in [-0.2, 0) is 20.8 Å². The number of carbonyl (C=O) groups excluding carboxylic acids is 4. The molecule has 3 atom stereocenters. The van der Waals surface area contributed by atoms with Gasteiger partial charge in [0.05, 0.1) is 18.2 Å². The molecule has 0 aromatic heterocycles. The van der Waals surface area contributed by atoms with Crippen molar-refractivity contribution in [1.82, 2.24) is 20.9 Å². The Labute approximate surface area is 302 Å². The van der Waals surface area contributed by atoms with Crippen LogP contribution < -0.4 is 30.2 Å². The van der Waals surface area contributed by atoms with Gasteiger partial charge < -0.3 is 35.1 Å². The molecule has 0 aliphatic carbocycles. The molecule has 3 N–H and O–H groups in total. The average molecular weight is 711 g/mol. The summed E-state index contributed by atoms with van der Waals surface area (Å²) in [7, 11) is 1.63. The highest BCUT2D eigenvalue weighted by atomic mass is 19.1. The summed E-state index contributed by atoms with van der Waals surface area (Å²) in [4.78, 5) is 55.5. The molecular weight excluding hydrogens is 667 g/mol. The predicted octanol–water partition coefficient (Wildman–Crippen LogP) is 4.97. The Bertz CT molecular complexity index is 1850. The molecule has 0 saturated heterocycles. The minimum atomic E-state index is -1.15. The third-order valence-electron chi connectivity index (χ3n) is 8.44. The number of hydrogen-bond acceptors (Lipinski definition) is 7. The first-order valence-electron chi connectivity index (χ1n) is 17.1. The van der Waals surface area contributed by atoms with Gasteiger partial charge in [0.1, 0.15) is 36.8 Å². The third kappa shape index (κ3) is 10.3. The number of rotatable bonds is 9. The van der Waals surface area contributed by atoms with Crippen molar-refractivity contribution in [2.45, 2.75) is 51.2 Å². The van der Waals surface area contributed by atoms with E-state index in [9.17, 15) is 23.6 Å². The maximum absolute atomic E-state index is 14.9. The highest BCUT2D eigenvalue weighted by Crippen LogP contribution is 2.34. The molecule has 0 bridgehead atoms. The number of carbonyl (C=O) groups is 4. The molecule has 0 unspecified atom stereocenters. The molecule has 5 rings (SSSR count). The molecule has 272 valence electrons. The van der Waals surface area contributed by atoms with Gasteiger partial charge in [0.2, 0.25) is 17.7 Å². The van der Waals surface area contributed by atoms with Crippen LogP contribution in [0.15, 0.2) is 97.1 Å². The summed E-state index contributed by atoms with van der Waals surface area (Å²) in [6.45, 7) is 3.76. The van der Waals surface area contributed by atoms with Crippen molar-refractivity contribution in [2.75, 3.05) is 26.8 Å². The van der Waals surface area contributed by atoms with Crippen molar-refractivity contribution >= 4 is 23.6 Å². The summed E-state index contributed by atoms with van der Waals surface area (Å²) in [5.74, 6) is -1.74. The zero-order chi connectivity index (χ0) is 37.0. The quantitative estimate of drug-likeness (QED) is 0.223. The third-order valence-corrected chi connectivity index (χ3v) is 8.44. The molecule has 11 nitrogen and oxygen atoms in total. The molecule has 4 aromatic rings. The molecule has 12 heteroatoms. The fourth-order valence-corrected chi connectivity index (χ4v) is 5.58. The summed E-state index contributed by atoms with van der Waals surface area (Å²) in [6, 6.07) is 24.8. The van der Waals surface area contributed by atoms with Crippen molar-refractivity contribution in [2.24, 2.45) is 0 Å². The van der Waals surface area contributed by atoms with E-state index in [1.54, 1.807) is 56.4 Å². The lowest BCUT2D eigenvalue weighted by Crippen LogP contribution is -2.51. The van der Waals surface area contributed by atoms with E-state index in [2.05, 4.69) is 16.0 Å². The van der Waals surface area contributed by atoms with Gasteiger partial charge in [-0.3, -0.25) is 19.2 Å². The maximum atomic E-state index is 14.9. The number of nitrogens with zero attached hydrogens (tertiary/aromatic N) is 1. The lowest BCUT2D eigenvalue weighted by Gasteiger charge is -2.25. The smallest absolute Gasteiger partial charge is 0.255 e. The van der Waals surface area contributed by atoms with Gasteiger partial charge in [0, 0.05) is 19.9 Å². The second-order valence-corrected chi connectivity index (χ2v) is 12.7. The van der Waals surface area contributed by atoms with E-state index in [0.29, 0.717) is 5.75 Å². The normalized spacial score (nSPS) is 17.6. The molecule has 0 spiro atoms. The van der Waals surface area contributed by atoms with Crippen LogP contribution in [0.3, 0.4) is 0 Å². The molecule has 52 heavy (non-hydrogen) atoms. The van der Waals surface area contributed by atoms with Gasteiger partial charge in [-0.15, -0.1) is 0 Å². The number of likely N-dealkylation sites (N-methyl/N-ethyl adjacent to an activating group) is 1. The number of amides is 4. The number of benzene rings is 4. The SMILES string of the molecule is Cc1ccc(Oc2cccc(F)c2OC[C@@H](C)NC(=O)[C@@H]2CCC(=O)N[C@@H](Cc3ccccc3)C(=O)N(C)CCOc3ccccc3C(=O)N2)cc1. The zero-order valence-corrected chi connectivity index (χ0v) is 29.4. The van der Waals surface area contributed by atoms with E-state index in [4.69, 9.17) is 14.2 Å². The Morgan fingerprint density at radius 2 is 1.69 bits per heavy atom. The van der Waals surface area contributed by atoms with Gasteiger partial charge >= 0.3 is 0 Å². The number of nitrogens with one attached hydrogen (secondary N) is 3. The van der Waals surface area contributed by atoms with Crippen LogP contribution in [0, 0.1) is 12.7 Å². The lowest BCUT2D eigenvalue weighted by molar-refractivity contribution is -0.135. The first kappa shape index (κ1) is 37.3. The minimum Gasteiger partial charge on any atom is -0.491 e. The van der Waals surface area contributed by atoms with E-state index >= 15 is 0 Å². The largest absolute Gasteiger partial charge is 0.491 e. The Morgan fingerprint density at radius 3 is 2.46 bits per heavy atom. The summed E-state index contributed by atoms with van der Waals surface area (Å²) < 4.78 is 32.5. The number of hydrogen-bond donors (Lipinski definition) is 3. The molecule has 0 radical (unpaired) electrons. The fraction of sp³-hybridized carbons (Fsp3) is 0.300. The molecule has 4 amide bonds. The van der Waals surface area contributed by atoms with Crippen LogP contribution in [0.4, 0.5) is 4.39 Å². The Morgan fingerprint density at radius 1 is 0.962 bits per heavy atom. The predicted molar refractivity (Wildman–Crippen MR) is 193 cm³/mol. The van der Waals surface area contributed by atoms with Crippen molar-refractivity contribution in [3.05, 3.63) is 120 Å². The first-order chi connectivity index (χ1) is 25.1. The molecule has 0 fully saturated rings. The number of aryl methyl sites for hydroxylation is 1. The van der Waals surface area contributed by atoms with Crippen LogP contribution in [0.5, 0.6) is 23.0 Å². The Kier molecular flexibility index (Phi) is 12.8. The highest BCUT2D eigenvalue weighted by molar-refractivity contribution is 6.00. The van der Waals surface area contributed by atoms with Crippen molar-refractivity contribution in [1.29, 1.82) is 0 Å². The van der Waals surface area contributed by atoms with Gasteiger partial charge in [-0.1, -0.05) is 66.2 Å². The molecular formula is C40H43FN4O7. The molecule has 1 heterocycles. The highest BCUT2D eigenvalue weighted by Gasteiger charge is 2.29. The Balaban J connectivity index is 1.30. The minimum absolute atomic E-state index is 0.0794. The summed E-state index contributed by atoms with van der Waals surface area (Å²) in [5, 5.41) is 8.39. The second-order valence-electron chi connectivity index (χ2n) is 12.7. The van der Waals surface area contributed by atoms with Crippen LogP contribution >= 0.6 is 0 Å². The molecule has 1 aliphatic rings. The van der Waals surface area contributed by atoms with Gasteiger partial charge in [-0.25, -0.2) is 4.39 Å². The van der Waals surface area contributed by atoms with Gasteiger partial charge in [0.15, 0.2) is 17.3 Å². The second kappa shape index (κ2) is 17.8. The number of halogens is 1. The first-order valence-corrected chi connectivity index (χ1v) is 17.1. The van der Waals surface area contributed by atoms with Gasteiger partial charge in [-0.05, 0) is 62.2 Å². The summed E-state index contributed by atoms with van der Waals surface area (Å²) >= 11 is 0. The van der Waals surface area contributed by atoms with E-state index in [-0.39, 0.29) is 67.7 Å². The number of fused-ring (bicyclic) bond motifs is 1. The van der Waals surface area contributed by atoms with Crippen LogP contribution in [0.25, 0.3) is 0 Å². The maximum Gasteiger partial charge on any atom is 0.255 e. The fourth-order valence-electron chi connectivity index (χ4n) is 5.58. The summed E-state index contributed by atoms with van der Waals surface area (Å²) in [5.41, 5.74) is 2.09. The summed E-state index contributed by atoms with van der Waals surface area (Å²) in [6.07, 6.45) is 0.0138. The van der Waals surface area contributed by atoms with Gasteiger partial charge in [0.25, 0.3) is 5.91 Å². The van der Waals surface area contributed by atoms with E-state index in [1.165, 1.54) is 17.0 Å². The lowest BCUT2D eigenvalue weighted by atomic mass is 10.0. The number of ether oxygens (including phenoxy) is 3. The van der Waals surface area contributed by atoms with E-state index < -0.39 is 41.7 Å². The average Bonchev–Trinajstić information content (AvgIpc) is 3.13. The standard InChI is InChI=1S/C40H43FN4O7/c1-26-16-18-29(19-17-26)52-35-15-9-13-31(41)37(35)51-25-27(2)42-39(48)32-20-21-36(46)43-33(24-28-10-5-4-6-11-28)40(49)45(3)22-23-50-34-14-8-7-12-30(34)38(47)44-32/h4-19,27,32-33H,20-25H2,1-3H3,(H,42,48)(H,43,46)(H,44,47)/t27-,32+,33+/m1/s1. The van der Waals surface area contributed by atoms with Crippen molar-refractivity contribution in [3.63, 3.8) is 0 Å². The zero-order valence-electron chi connectivity index (χ0n) is 29.4. The molecule has 1 aliphatic heterocycles. The number of para-hydroxylation sites is 2. The van der Waals surface area contributed by atoms with E-state index in [1.807, 2.05) is 49.4 Å². The van der Waals surface area contributed by atoms with E-state index in [0.717, 1.165) is 11.1 Å². The Hall–Kier alpha value is -5.91. The van der Waals surface area contributed by atoms with Crippen molar-refractivity contribution in [3.8, 4) is 23.0 Å². The van der Waals surface area contributed by atoms with Crippen LogP contribution in [-0.4, -0.2) is 73.5 Å². The topological polar surface area (TPSA) is 135 Å². The van der Waals surface area contributed by atoms with Gasteiger partial charge in [-0.2, -0.15) is 0 Å². The van der Waals surface area contributed by atoms with Crippen molar-refractivity contribution < 1.29 is 37.8 Å². The van der Waals surface area contributed by atoms with Crippen LogP contribution in [0.2, 0.25) is 0 Å². The monoisotopic (exact) mass is 710 g/mol. The molecule has 0 saturated carbocycles. The van der Waals surface area contributed by atoms with Crippen LogP contribution in [0.1, 0.15) is 41.3 Å². The molecule has 4 aromatic carbocycles.